The zero-order valence-electron chi connectivity index (χ0n) is 28.3. The Morgan fingerprint density at radius 2 is 1.60 bits per heavy atom. The molecule has 1 unspecified atom stereocenters. The van der Waals surface area contributed by atoms with Crippen LogP contribution in [0.2, 0.25) is 0 Å². The Balaban J connectivity index is 1.31. The number of amides is 2. The molecule has 4 aromatic carbocycles. The van der Waals surface area contributed by atoms with Crippen molar-refractivity contribution in [3.05, 3.63) is 131 Å². The molecular weight excluding hydrogens is 628 g/mol. The molecule has 1 aliphatic rings. The van der Waals surface area contributed by atoms with E-state index in [0.717, 1.165) is 53.8 Å². The number of nitrogens with two attached hydrogens (primary N) is 1. The van der Waals surface area contributed by atoms with Gasteiger partial charge in [0.05, 0.1) is 31.2 Å². The van der Waals surface area contributed by atoms with Crippen molar-refractivity contribution in [2.75, 3.05) is 24.3 Å². The largest absolute Gasteiger partial charge is 0.463 e. The van der Waals surface area contributed by atoms with Crippen molar-refractivity contribution in [1.82, 2.24) is 5.32 Å². The van der Waals surface area contributed by atoms with E-state index < -0.39 is 23.8 Å². The monoisotopic (exact) mass is 672 g/mol. The summed E-state index contributed by atoms with van der Waals surface area (Å²) in [6.45, 7) is 2.25. The number of hydrogen-bond acceptors (Lipinski definition) is 7. The fourth-order valence-corrected chi connectivity index (χ4v) is 5.88. The molecule has 0 aromatic heterocycles. The first-order chi connectivity index (χ1) is 24.4. The summed E-state index contributed by atoms with van der Waals surface area (Å²) in [7, 11) is 0. The van der Waals surface area contributed by atoms with Crippen molar-refractivity contribution in [2.24, 2.45) is 10.9 Å². The van der Waals surface area contributed by atoms with Crippen LogP contribution in [0.1, 0.15) is 66.1 Å². The topological polar surface area (TPSA) is 132 Å². The minimum Gasteiger partial charge on any atom is -0.463 e. The van der Waals surface area contributed by atoms with Crippen LogP contribution in [-0.2, 0) is 25.7 Å². The fraction of sp³-hybridized carbons (Fsp3) is 0.268. The van der Waals surface area contributed by atoms with Crippen molar-refractivity contribution >= 4 is 46.6 Å². The van der Waals surface area contributed by atoms with Crippen molar-refractivity contribution in [2.45, 2.75) is 51.7 Å². The second-order valence-electron chi connectivity index (χ2n) is 12.2. The Bertz CT molecular complexity index is 1780. The Hall–Kier alpha value is -5.54. The standard InChI is InChI=1S/C41H44N4O5/c1-2-50-38(46)25-20-29-18-22-34(23-19-29)44-41(48)37(28-49-27-30-12-6-3-7-13-30)45-40(47)32-21-24-35(36(42)26-32)39(31-14-8-4-9-15-31)43-33-16-10-5-11-17-33/h3,5-7,10-13,16-26,31,37H,2,4,8-9,14-15,27-28,42H2,1H3,(H,44,48)(H,45,47). The van der Waals surface area contributed by atoms with E-state index in [4.69, 9.17) is 20.2 Å². The van der Waals surface area contributed by atoms with Gasteiger partial charge in [-0.05, 0) is 73.4 Å². The van der Waals surface area contributed by atoms with Gasteiger partial charge in [0.25, 0.3) is 5.91 Å². The smallest absolute Gasteiger partial charge is 0.330 e. The Kier molecular flexibility index (Phi) is 13.1. The van der Waals surface area contributed by atoms with Gasteiger partial charge in [-0.1, -0.05) is 86.0 Å². The molecule has 0 saturated heterocycles. The molecule has 5 rings (SSSR count). The molecule has 2 amide bonds. The summed E-state index contributed by atoms with van der Waals surface area (Å²) in [6.07, 6.45) is 8.57. The highest BCUT2D eigenvalue weighted by Crippen LogP contribution is 2.31. The first kappa shape index (κ1) is 35.8. The second-order valence-corrected chi connectivity index (χ2v) is 12.2. The molecule has 0 spiro atoms. The van der Waals surface area contributed by atoms with E-state index in [2.05, 4.69) is 10.6 Å². The normalized spacial score (nSPS) is 14.2. The number of aliphatic imine (C=N–C) groups is 1. The van der Waals surface area contributed by atoms with Gasteiger partial charge >= 0.3 is 5.97 Å². The third-order valence-corrected chi connectivity index (χ3v) is 8.48. The predicted octanol–water partition coefficient (Wildman–Crippen LogP) is 7.50. The summed E-state index contributed by atoms with van der Waals surface area (Å²) in [6, 6.07) is 30.6. The molecule has 0 radical (unpaired) electrons. The molecule has 1 saturated carbocycles. The average Bonchev–Trinajstić information content (AvgIpc) is 3.14. The van der Waals surface area contributed by atoms with Crippen LogP contribution in [0.3, 0.4) is 0 Å². The number of benzene rings is 4. The zero-order chi connectivity index (χ0) is 35.1. The predicted molar refractivity (Wildman–Crippen MR) is 198 cm³/mol. The van der Waals surface area contributed by atoms with Crippen LogP contribution in [0.4, 0.5) is 17.1 Å². The fourth-order valence-electron chi connectivity index (χ4n) is 5.88. The first-order valence-electron chi connectivity index (χ1n) is 17.1. The maximum atomic E-state index is 13.6. The molecule has 1 atom stereocenters. The number of ether oxygens (including phenoxy) is 2. The minimum absolute atomic E-state index is 0.0596. The molecule has 0 aliphatic heterocycles. The summed E-state index contributed by atoms with van der Waals surface area (Å²) in [5.74, 6) is -1.05. The van der Waals surface area contributed by atoms with Crippen LogP contribution >= 0.6 is 0 Å². The summed E-state index contributed by atoms with van der Waals surface area (Å²) in [5.41, 5.74) is 12.3. The maximum Gasteiger partial charge on any atom is 0.330 e. The lowest BCUT2D eigenvalue weighted by molar-refractivity contribution is -0.137. The van der Waals surface area contributed by atoms with E-state index in [1.807, 2.05) is 66.7 Å². The summed E-state index contributed by atoms with van der Waals surface area (Å²) in [4.78, 5) is 43.8. The van der Waals surface area contributed by atoms with Crippen LogP contribution in [0, 0.1) is 5.92 Å². The number of anilines is 2. The van der Waals surface area contributed by atoms with E-state index in [0.29, 0.717) is 23.5 Å². The Morgan fingerprint density at radius 3 is 2.28 bits per heavy atom. The zero-order valence-corrected chi connectivity index (χ0v) is 28.3. The molecule has 0 heterocycles. The van der Waals surface area contributed by atoms with Crippen molar-refractivity contribution in [3.63, 3.8) is 0 Å². The van der Waals surface area contributed by atoms with Crippen LogP contribution in [-0.4, -0.2) is 42.8 Å². The molecule has 1 aliphatic carbocycles. The lowest BCUT2D eigenvalue weighted by Gasteiger charge is -2.25. The first-order valence-corrected chi connectivity index (χ1v) is 17.1. The number of esters is 1. The Morgan fingerprint density at radius 1 is 0.900 bits per heavy atom. The van der Waals surface area contributed by atoms with Gasteiger partial charge in [0.1, 0.15) is 6.04 Å². The van der Waals surface area contributed by atoms with E-state index >= 15 is 0 Å². The van der Waals surface area contributed by atoms with Crippen LogP contribution in [0.25, 0.3) is 6.08 Å². The van der Waals surface area contributed by atoms with E-state index in [9.17, 15) is 14.4 Å². The molecule has 50 heavy (non-hydrogen) atoms. The lowest BCUT2D eigenvalue weighted by Crippen LogP contribution is -2.46. The molecule has 258 valence electrons. The molecular formula is C41H44N4O5. The van der Waals surface area contributed by atoms with Crippen LogP contribution in [0.15, 0.2) is 114 Å². The van der Waals surface area contributed by atoms with E-state index in [-0.39, 0.29) is 19.1 Å². The van der Waals surface area contributed by atoms with Crippen molar-refractivity contribution < 1.29 is 23.9 Å². The number of carbonyl (C=O) groups is 3. The average molecular weight is 673 g/mol. The number of nitrogen functional groups attached to an aromatic ring is 1. The summed E-state index contributed by atoms with van der Waals surface area (Å²) in [5, 5.41) is 5.72. The number of carbonyl (C=O) groups excluding carboxylic acids is 3. The molecule has 0 bridgehead atoms. The third-order valence-electron chi connectivity index (χ3n) is 8.48. The van der Waals surface area contributed by atoms with Crippen molar-refractivity contribution in [3.8, 4) is 0 Å². The minimum atomic E-state index is -1.01. The number of nitrogens with zero attached hydrogens (tertiary/aromatic N) is 1. The van der Waals surface area contributed by atoms with Gasteiger partial charge in [0.15, 0.2) is 0 Å². The Labute approximate surface area is 293 Å². The SMILES string of the molecule is CCOC(=O)C=Cc1ccc(NC(=O)C(COCc2ccccc2)NC(=O)c2ccc(C(=Nc3ccccc3)C3CCCCC3)c(N)c2)cc1. The second kappa shape index (κ2) is 18.3. The van der Waals surface area contributed by atoms with Gasteiger partial charge < -0.3 is 25.8 Å². The van der Waals surface area contributed by atoms with Crippen LogP contribution in [0.5, 0.6) is 0 Å². The molecule has 1 fully saturated rings. The molecule has 4 N–H and O–H groups in total. The molecule has 9 heteroatoms. The molecule has 4 aromatic rings. The third kappa shape index (κ3) is 10.5. The summed E-state index contributed by atoms with van der Waals surface area (Å²) < 4.78 is 10.8. The quantitative estimate of drug-likeness (QED) is 0.0550. The highest BCUT2D eigenvalue weighted by molar-refractivity contribution is 6.09. The van der Waals surface area contributed by atoms with Crippen molar-refractivity contribution in [1.29, 1.82) is 0 Å². The number of rotatable bonds is 14. The highest BCUT2D eigenvalue weighted by Gasteiger charge is 2.25. The van der Waals surface area contributed by atoms with Gasteiger partial charge in [0, 0.05) is 34.5 Å². The van der Waals surface area contributed by atoms with Gasteiger partial charge in [0.2, 0.25) is 5.91 Å². The maximum absolute atomic E-state index is 13.6. The van der Waals surface area contributed by atoms with Gasteiger partial charge in [-0.2, -0.15) is 0 Å². The van der Waals surface area contributed by atoms with E-state index in [1.54, 1.807) is 49.4 Å². The van der Waals surface area contributed by atoms with Crippen LogP contribution < -0.4 is 16.4 Å². The van der Waals surface area contributed by atoms with Gasteiger partial charge in [-0.25, -0.2) is 4.79 Å². The van der Waals surface area contributed by atoms with Gasteiger partial charge in [-0.3, -0.25) is 14.6 Å². The van der Waals surface area contributed by atoms with E-state index in [1.165, 1.54) is 12.5 Å². The summed E-state index contributed by atoms with van der Waals surface area (Å²) >= 11 is 0. The highest BCUT2D eigenvalue weighted by atomic mass is 16.5. The number of nitrogens with one attached hydrogen (secondary N) is 2. The number of hydrogen-bond donors (Lipinski definition) is 3. The lowest BCUT2D eigenvalue weighted by atomic mass is 9.82. The van der Waals surface area contributed by atoms with Gasteiger partial charge in [-0.15, -0.1) is 0 Å². The number of para-hydroxylation sites is 1. The molecule has 9 nitrogen and oxygen atoms in total.